The molecule has 162 valence electrons. The van der Waals surface area contributed by atoms with Gasteiger partial charge < -0.3 is 19.9 Å². The molecule has 0 spiro atoms. The van der Waals surface area contributed by atoms with Crippen molar-refractivity contribution in [3.8, 4) is 0 Å². The number of anilines is 1. The van der Waals surface area contributed by atoms with E-state index >= 15 is 0 Å². The number of hydrogen-bond acceptors (Lipinski definition) is 3. The summed E-state index contributed by atoms with van der Waals surface area (Å²) in [6, 6.07) is 19.5. The van der Waals surface area contributed by atoms with Gasteiger partial charge in [-0.1, -0.05) is 36.4 Å². The summed E-state index contributed by atoms with van der Waals surface area (Å²) >= 11 is 0. The van der Waals surface area contributed by atoms with E-state index in [1.165, 1.54) is 5.69 Å². The van der Waals surface area contributed by atoms with Gasteiger partial charge in [0.1, 0.15) is 0 Å². The standard InChI is InChI=1S/C26H31N3O2/c1-18-25(23-9-5-6-10-24(23)27-18)26(30)28-20-11-13-22(14-12-20)29(15-19-16-31-17-19)21-7-3-2-4-8-21/h2-10,19-20,22,27H,11-17H2,1H3,(H,28,30)/t20-,22-. The number of amides is 1. The van der Waals surface area contributed by atoms with Gasteiger partial charge in [-0.05, 0) is 50.8 Å². The predicted molar refractivity (Wildman–Crippen MR) is 125 cm³/mol. The van der Waals surface area contributed by atoms with E-state index in [1.807, 2.05) is 31.2 Å². The quantitative estimate of drug-likeness (QED) is 0.613. The summed E-state index contributed by atoms with van der Waals surface area (Å²) in [6.45, 7) is 4.78. The van der Waals surface area contributed by atoms with Crippen molar-refractivity contribution in [1.29, 1.82) is 0 Å². The number of aryl methyl sites for hydroxylation is 1. The van der Waals surface area contributed by atoms with E-state index in [1.54, 1.807) is 0 Å². The van der Waals surface area contributed by atoms with Gasteiger partial charge in [0.15, 0.2) is 0 Å². The third kappa shape index (κ3) is 4.19. The van der Waals surface area contributed by atoms with Crippen LogP contribution in [0, 0.1) is 12.8 Å². The molecular weight excluding hydrogens is 386 g/mol. The Hall–Kier alpha value is -2.79. The summed E-state index contributed by atoms with van der Waals surface area (Å²) in [6.07, 6.45) is 4.23. The number of carbonyl (C=O) groups excluding carboxylic acids is 1. The Morgan fingerprint density at radius 2 is 1.74 bits per heavy atom. The number of aromatic amines is 1. The highest BCUT2D eigenvalue weighted by Crippen LogP contribution is 2.30. The van der Waals surface area contributed by atoms with Crippen LogP contribution in [0.25, 0.3) is 10.9 Å². The van der Waals surface area contributed by atoms with Crippen LogP contribution in [0.5, 0.6) is 0 Å². The van der Waals surface area contributed by atoms with Crippen LogP contribution in [0.4, 0.5) is 5.69 Å². The molecule has 2 fully saturated rings. The molecule has 1 aliphatic carbocycles. The van der Waals surface area contributed by atoms with Crippen LogP contribution in [0.3, 0.4) is 0 Å². The van der Waals surface area contributed by atoms with E-state index in [-0.39, 0.29) is 11.9 Å². The molecule has 2 aromatic carbocycles. The fourth-order valence-electron chi connectivity index (χ4n) is 5.11. The maximum atomic E-state index is 13.1. The van der Waals surface area contributed by atoms with Crippen LogP contribution in [-0.4, -0.2) is 42.7 Å². The third-order valence-corrected chi connectivity index (χ3v) is 6.84. The second kappa shape index (κ2) is 8.75. The molecule has 1 aromatic heterocycles. The van der Waals surface area contributed by atoms with Crippen molar-refractivity contribution in [2.24, 2.45) is 5.92 Å². The highest BCUT2D eigenvalue weighted by atomic mass is 16.5. The van der Waals surface area contributed by atoms with Gasteiger partial charge in [0.2, 0.25) is 0 Å². The maximum absolute atomic E-state index is 13.1. The molecule has 0 unspecified atom stereocenters. The molecule has 2 heterocycles. The largest absolute Gasteiger partial charge is 0.381 e. The molecule has 0 bridgehead atoms. The Morgan fingerprint density at radius 1 is 1.03 bits per heavy atom. The van der Waals surface area contributed by atoms with Crippen LogP contribution < -0.4 is 10.2 Å². The molecular formula is C26H31N3O2. The minimum absolute atomic E-state index is 0.0462. The monoisotopic (exact) mass is 417 g/mol. The van der Waals surface area contributed by atoms with E-state index in [0.29, 0.717) is 12.0 Å². The average Bonchev–Trinajstić information content (AvgIpc) is 3.10. The van der Waals surface area contributed by atoms with E-state index in [0.717, 1.165) is 67.6 Å². The molecule has 0 radical (unpaired) electrons. The molecule has 1 saturated carbocycles. The Kier molecular flexibility index (Phi) is 5.68. The fourth-order valence-corrected chi connectivity index (χ4v) is 5.11. The number of fused-ring (bicyclic) bond motifs is 1. The first-order valence-corrected chi connectivity index (χ1v) is 11.5. The van der Waals surface area contributed by atoms with E-state index < -0.39 is 0 Å². The van der Waals surface area contributed by atoms with Gasteiger partial charge in [-0.25, -0.2) is 0 Å². The van der Waals surface area contributed by atoms with Crippen LogP contribution >= 0.6 is 0 Å². The van der Waals surface area contributed by atoms with E-state index in [4.69, 9.17) is 4.74 Å². The summed E-state index contributed by atoms with van der Waals surface area (Å²) in [5.41, 5.74) is 4.04. The molecule has 31 heavy (non-hydrogen) atoms. The number of H-pyrrole nitrogens is 1. The van der Waals surface area contributed by atoms with Crippen molar-refractivity contribution in [2.45, 2.75) is 44.7 Å². The number of ether oxygens (including phenoxy) is 1. The molecule has 5 nitrogen and oxygen atoms in total. The van der Waals surface area contributed by atoms with Crippen LogP contribution in [0.1, 0.15) is 41.7 Å². The number of carbonyl (C=O) groups is 1. The van der Waals surface area contributed by atoms with Gasteiger partial charge in [0.25, 0.3) is 5.91 Å². The van der Waals surface area contributed by atoms with Gasteiger partial charge in [0.05, 0.1) is 18.8 Å². The number of nitrogens with zero attached hydrogens (tertiary/aromatic N) is 1. The Balaban J connectivity index is 1.24. The van der Waals surface area contributed by atoms with Crippen molar-refractivity contribution in [2.75, 3.05) is 24.7 Å². The Morgan fingerprint density at radius 3 is 2.45 bits per heavy atom. The first kappa shape index (κ1) is 20.1. The minimum Gasteiger partial charge on any atom is -0.381 e. The fraction of sp³-hybridized carbons (Fsp3) is 0.423. The summed E-state index contributed by atoms with van der Waals surface area (Å²) < 4.78 is 5.42. The molecule has 1 amide bonds. The molecule has 2 aliphatic rings. The van der Waals surface area contributed by atoms with Gasteiger partial charge in [-0.15, -0.1) is 0 Å². The first-order valence-electron chi connectivity index (χ1n) is 11.5. The lowest BCUT2D eigenvalue weighted by molar-refractivity contribution is -0.0286. The lowest BCUT2D eigenvalue weighted by Crippen LogP contribution is -2.48. The van der Waals surface area contributed by atoms with Crippen molar-refractivity contribution in [1.82, 2.24) is 10.3 Å². The zero-order chi connectivity index (χ0) is 21.2. The number of hydrogen-bond donors (Lipinski definition) is 2. The van der Waals surface area contributed by atoms with Crippen LogP contribution in [0.15, 0.2) is 54.6 Å². The number of benzene rings is 2. The predicted octanol–water partition coefficient (Wildman–Crippen LogP) is 4.67. The maximum Gasteiger partial charge on any atom is 0.253 e. The molecule has 0 atom stereocenters. The summed E-state index contributed by atoms with van der Waals surface area (Å²) in [5.74, 6) is 0.674. The zero-order valence-electron chi connectivity index (χ0n) is 18.1. The molecule has 1 aliphatic heterocycles. The summed E-state index contributed by atoms with van der Waals surface area (Å²) in [4.78, 5) is 19.0. The summed E-state index contributed by atoms with van der Waals surface area (Å²) in [7, 11) is 0. The Labute approximate surface area is 183 Å². The van der Waals surface area contributed by atoms with Gasteiger partial charge in [-0.2, -0.15) is 0 Å². The SMILES string of the molecule is Cc1[nH]c2ccccc2c1C(=O)N[C@H]1CC[C@H](N(CC2COC2)c2ccccc2)CC1. The highest BCUT2D eigenvalue weighted by Gasteiger charge is 2.31. The number of nitrogens with one attached hydrogen (secondary N) is 2. The third-order valence-electron chi connectivity index (χ3n) is 6.84. The zero-order valence-corrected chi connectivity index (χ0v) is 18.1. The van der Waals surface area contributed by atoms with Gasteiger partial charge >= 0.3 is 0 Å². The van der Waals surface area contributed by atoms with Crippen LogP contribution in [-0.2, 0) is 4.74 Å². The highest BCUT2D eigenvalue weighted by molar-refractivity contribution is 6.08. The molecule has 1 saturated heterocycles. The normalized spacial score (nSPS) is 21.6. The number of para-hydroxylation sites is 2. The van der Waals surface area contributed by atoms with Gasteiger partial charge in [-0.3, -0.25) is 4.79 Å². The smallest absolute Gasteiger partial charge is 0.253 e. The molecule has 2 N–H and O–H groups in total. The van der Waals surface area contributed by atoms with Crippen molar-refractivity contribution >= 4 is 22.5 Å². The molecule has 3 aromatic rings. The van der Waals surface area contributed by atoms with Crippen LogP contribution in [0.2, 0.25) is 0 Å². The van der Waals surface area contributed by atoms with E-state index in [9.17, 15) is 4.79 Å². The Bertz CT molecular complexity index is 1030. The minimum atomic E-state index is 0.0462. The topological polar surface area (TPSA) is 57.4 Å². The molecule has 5 heteroatoms. The molecule has 5 rings (SSSR count). The van der Waals surface area contributed by atoms with Crippen molar-refractivity contribution < 1.29 is 9.53 Å². The number of aromatic nitrogens is 1. The van der Waals surface area contributed by atoms with Crippen molar-refractivity contribution in [3.63, 3.8) is 0 Å². The lowest BCUT2D eigenvalue weighted by atomic mass is 9.88. The average molecular weight is 418 g/mol. The second-order valence-corrected chi connectivity index (χ2v) is 9.04. The van der Waals surface area contributed by atoms with E-state index in [2.05, 4.69) is 45.5 Å². The first-order chi connectivity index (χ1) is 15.2. The summed E-state index contributed by atoms with van der Waals surface area (Å²) in [5, 5.41) is 4.32. The van der Waals surface area contributed by atoms with Crippen molar-refractivity contribution in [3.05, 3.63) is 65.9 Å². The number of rotatable bonds is 6. The second-order valence-electron chi connectivity index (χ2n) is 9.04. The lowest BCUT2D eigenvalue weighted by Gasteiger charge is -2.42. The van der Waals surface area contributed by atoms with Gasteiger partial charge in [0, 0.05) is 46.8 Å².